The highest BCUT2D eigenvalue weighted by atomic mass is 19.1. The molecule has 6 nitrogen and oxygen atoms in total. The Morgan fingerprint density at radius 2 is 2.00 bits per heavy atom. The van der Waals surface area contributed by atoms with Gasteiger partial charge in [-0.25, -0.2) is 4.39 Å². The minimum atomic E-state index is -0.377. The van der Waals surface area contributed by atoms with Crippen LogP contribution in [0.1, 0.15) is 24.1 Å². The first-order chi connectivity index (χ1) is 12.7. The molecule has 1 aromatic carbocycles. The Kier molecular flexibility index (Phi) is 4.33. The van der Waals surface area contributed by atoms with Crippen molar-refractivity contribution in [3.8, 4) is 6.07 Å². The van der Waals surface area contributed by atoms with Gasteiger partial charge in [-0.05, 0) is 37.1 Å². The zero-order valence-corrected chi connectivity index (χ0v) is 14.4. The number of piperidine rings is 1. The van der Waals surface area contributed by atoms with Gasteiger partial charge in [0.2, 0.25) is 5.91 Å². The van der Waals surface area contributed by atoms with Crippen molar-refractivity contribution < 1.29 is 9.18 Å². The summed E-state index contributed by atoms with van der Waals surface area (Å²) in [6.45, 7) is 3.33. The van der Waals surface area contributed by atoms with E-state index in [1.54, 1.807) is 18.3 Å². The van der Waals surface area contributed by atoms with Crippen LogP contribution in [0.25, 0.3) is 0 Å². The number of aromatic nitrogens is 2. The zero-order chi connectivity index (χ0) is 18.1. The van der Waals surface area contributed by atoms with Gasteiger partial charge >= 0.3 is 0 Å². The van der Waals surface area contributed by atoms with E-state index in [0.29, 0.717) is 50.3 Å². The molecule has 0 aliphatic carbocycles. The lowest BCUT2D eigenvalue weighted by molar-refractivity contribution is -0.137. The van der Waals surface area contributed by atoms with Gasteiger partial charge in [-0.3, -0.25) is 9.48 Å². The third-order valence-electron chi connectivity index (χ3n) is 5.31. The molecular formula is C19H20FN5O. The fourth-order valence-corrected chi connectivity index (χ4v) is 3.83. The van der Waals surface area contributed by atoms with Crippen molar-refractivity contribution in [3.63, 3.8) is 0 Å². The van der Waals surface area contributed by atoms with Crippen molar-refractivity contribution in [2.75, 3.05) is 24.5 Å². The Bertz CT molecular complexity index is 863. The highest BCUT2D eigenvalue weighted by Crippen LogP contribution is 2.28. The first-order valence-electron chi connectivity index (χ1n) is 8.90. The van der Waals surface area contributed by atoms with Crippen molar-refractivity contribution in [1.82, 2.24) is 14.7 Å². The van der Waals surface area contributed by atoms with Gasteiger partial charge in [0.1, 0.15) is 5.82 Å². The van der Waals surface area contributed by atoms with E-state index >= 15 is 0 Å². The Morgan fingerprint density at radius 1 is 1.19 bits per heavy atom. The molecule has 0 radical (unpaired) electrons. The van der Waals surface area contributed by atoms with Crippen LogP contribution < -0.4 is 4.90 Å². The van der Waals surface area contributed by atoms with Crippen LogP contribution in [0.3, 0.4) is 0 Å². The largest absolute Gasteiger partial charge is 0.369 e. The highest BCUT2D eigenvalue weighted by Gasteiger charge is 2.31. The van der Waals surface area contributed by atoms with E-state index in [-0.39, 0.29) is 17.6 Å². The summed E-state index contributed by atoms with van der Waals surface area (Å²) in [4.78, 5) is 16.7. The quantitative estimate of drug-likeness (QED) is 0.830. The van der Waals surface area contributed by atoms with Crippen LogP contribution in [-0.2, 0) is 17.9 Å². The molecule has 0 unspecified atom stereocenters. The lowest BCUT2D eigenvalue weighted by atomic mass is 9.94. The third kappa shape index (κ3) is 3.03. The number of fused-ring (bicyclic) bond motifs is 1. The molecule has 2 aliphatic rings. The number of halogens is 1. The molecule has 0 saturated carbocycles. The lowest BCUT2D eigenvalue weighted by Gasteiger charge is -2.36. The number of benzene rings is 1. The Balaban J connectivity index is 1.38. The smallest absolute Gasteiger partial charge is 0.226 e. The summed E-state index contributed by atoms with van der Waals surface area (Å²) in [5.74, 6) is -0.197. The van der Waals surface area contributed by atoms with Crippen molar-refractivity contribution in [2.45, 2.75) is 25.9 Å². The van der Waals surface area contributed by atoms with Crippen LogP contribution in [0.5, 0.6) is 0 Å². The minimum absolute atomic E-state index is 0.0119. The fourth-order valence-electron chi connectivity index (χ4n) is 3.83. The normalized spacial score (nSPS) is 17.7. The van der Waals surface area contributed by atoms with Gasteiger partial charge in [0.15, 0.2) is 0 Å². The molecule has 7 heteroatoms. The van der Waals surface area contributed by atoms with Crippen molar-refractivity contribution in [1.29, 1.82) is 5.26 Å². The van der Waals surface area contributed by atoms with Gasteiger partial charge < -0.3 is 9.80 Å². The predicted molar refractivity (Wildman–Crippen MR) is 93.7 cm³/mol. The molecule has 1 aromatic heterocycles. The van der Waals surface area contributed by atoms with Crippen molar-refractivity contribution in [3.05, 3.63) is 47.5 Å². The molecule has 4 rings (SSSR count). The van der Waals surface area contributed by atoms with E-state index in [9.17, 15) is 9.18 Å². The van der Waals surface area contributed by atoms with Gasteiger partial charge in [0, 0.05) is 31.7 Å². The highest BCUT2D eigenvalue weighted by molar-refractivity contribution is 5.79. The summed E-state index contributed by atoms with van der Waals surface area (Å²) in [7, 11) is 0. The topological polar surface area (TPSA) is 65.2 Å². The molecule has 0 N–H and O–H groups in total. The fraction of sp³-hybridized carbons (Fsp3) is 0.421. The number of rotatable bonds is 2. The summed E-state index contributed by atoms with van der Waals surface area (Å²) >= 11 is 0. The average Bonchev–Trinajstić information content (AvgIpc) is 3.15. The number of nitriles is 1. The van der Waals surface area contributed by atoms with Crippen LogP contribution in [-0.4, -0.2) is 40.2 Å². The van der Waals surface area contributed by atoms with Gasteiger partial charge in [-0.2, -0.15) is 10.4 Å². The summed E-state index contributed by atoms with van der Waals surface area (Å²) in [6.07, 6.45) is 3.20. The molecule has 26 heavy (non-hydrogen) atoms. The molecule has 2 aliphatic heterocycles. The summed E-state index contributed by atoms with van der Waals surface area (Å²) in [5.41, 5.74) is 1.90. The molecular weight excluding hydrogens is 333 g/mol. The maximum Gasteiger partial charge on any atom is 0.226 e. The summed E-state index contributed by atoms with van der Waals surface area (Å²) < 4.78 is 16.1. The second-order valence-electron chi connectivity index (χ2n) is 6.84. The molecule has 0 atom stereocenters. The lowest BCUT2D eigenvalue weighted by Crippen LogP contribution is -2.45. The van der Waals surface area contributed by atoms with Gasteiger partial charge in [0.25, 0.3) is 0 Å². The summed E-state index contributed by atoms with van der Waals surface area (Å²) in [5, 5.41) is 13.1. The number of nitrogens with zero attached hydrogens (tertiary/aromatic N) is 5. The van der Waals surface area contributed by atoms with E-state index in [2.05, 4.69) is 5.10 Å². The van der Waals surface area contributed by atoms with Gasteiger partial charge in [-0.15, -0.1) is 0 Å². The second-order valence-corrected chi connectivity index (χ2v) is 6.84. The predicted octanol–water partition coefficient (Wildman–Crippen LogP) is 2.15. The molecule has 134 valence electrons. The van der Waals surface area contributed by atoms with Gasteiger partial charge in [0.05, 0.1) is 36.1 Å². The van der Waals surface area contributed by atoms with E-state index in [1.165, 1.54) is 6.07 Å². The summed E-state index contributed by atoms with van der Waals surface area (Å²) in [6, 6.07) is 8.45. The van der Waals surface area contributed by atoms with Crippen molar-refractivity contribution >= 4 is 11.6 Å². The monoisotopic (exact) mass is 353 g/mol. The van der Waals surface area contributed by atoms with Gasteiger partial charge in [-0.1, -0.05) is 0 Å². The Hall–Kier alpha value is -2.88. The van der Waals surface area contributed by atoms with Crippen LogP contribution in [0, 0.1) is 23.1 Å². The van der Waals surface area contributed by atoms with Crippen LogP contribution in [0.2, 0.25) is 0 Å². The first-order valence-corrected chi connectivity index (χ1v) is 8.90. The SMILES string of the molecule is N#Cc1ccc(N2CCC(C(=O)N3CCn4nccc4C3)CC2)c(F)c1. The Labute approximate surface area is 151 Å². The van der Waals surface area contributed by atoms with Crippen LogP contribution in [0.4, 0.5) is 10.1 Å². The van der Waals surface area contributed by atoms with E-state index in [0.717, 1.165) is 12.2 Å². The first kappa shape index (κ1) is 16.6. The van der Waals surface area contributed by atoms with E-state index in [4.69, 9.17) is 5.26 Å². The molecule has 1 fully saturated rings. The third-order valence-corrected chi connectivity index (χ3v) is 5.31. The van der Waals surface area contributed by atoms with E-state index in [1.807, 2.05) is 26.6 Å². The zero-order valence-electron chi connectivity index (χ0n) is 14.4. The number of carbonyl (C=O) groups excluding carboxylic acids is 1. The maximum atomic E-state index is 14.2. The maximum absolute atomic E-state index is 14.2. The number of anilines is 1. The van der Waals surface area contributed by atoms with Crippen molar-refractivity contribution in [2.24, 2.45) is 5.92 Å². The molecule has 1 amide bonds. The molecule has 1 saturated heterocycles. The van der Waals surface area contributed by atoms with E-state index < -0.39 is 0 Å². The van der Waals surface area contributed by atoms with Crippen LogP contribution >= 0.6 is 0 Å². The molecule has 3 heterocycles. The second kappa shape index (κ2) is 6.79. The standard InChI is InChI=1S/C19H20FN5O/c20-17-11-14(12-21)1-2-18(17)23-7-4-15(5-8-23)19(26)24-9-10-25-16(13-24)3-6-22-25/h1-3,6,11,15H,4-5,7-10,13H2. The number of carbonyl (C=O) groups is 1. The minimum Gasteiger partial charge on any atom is -0.369 e. The Morgan fingerprint density at radius 3 is 2.73 bits per heavy atom. The number of amides is 1. The average molecular weight is 353 g/mol. The molecule has 2 aromatic rings. The molecule has 0 spiro atoms. The molecule has 0 bridgehead atoms. The van der Waals surface area contributed by atoms with Crippen LogP contribution in [0.15, 0.2) is 30.5 Å². The number of hydrogen-bond donors (Lipinski definition) is 0. The number of hydrogen-bond acceptors (Lipinski definition) is 4.